The van der Waals surface area contributed by atoms with E-state index in [4.69, 9.17) is 5.11 Å². The molecule has 0 aromatic carbocycles. The van der Waals surface area contributed by atoms with Gasteiger partial charge in [0.1, 0.15) is 0 Å². The molecular formula is CH3ClO2. The quantitative estimate of drug-likeness (QED) is 0.455. The zero-order valence-corrected chi connectivity index (χ0v) is 2.70. The third kappa shape index (κ3) is 2.21. The SMILES string of the molecule is OCOCl. The zero-order chi connectivity index (χ0) is 3.41. The molecule has 0 aliphatic rings. The number of aliphatic hydroxyl groups is 1. The molecule has 0 saturated carbocycles. The van der Waals surface area contributed by atoms with Gasteiger partial charge in [-0.25, -0.2) is 0 Å². The lowest BCUT2D eigenvalue weighted by Crippen LogP contribution is -1.72. The predicted octanol–water partition coefficient (Wildman–Crippen LogP) is 0.107. The fraction of sp³-hybridized carbons (Fsp3) is 1.00. The Morgan fingerprint density at radius 3 is 2.25 bits per heavy atom. The van der Waals surface area contributed by atoms with Gasteiger partial charge in [-0.2, -0.15) is 0 Å². The van der Waals surface area contributed by atoms with E-state index in [0.717, 1.165) is 0 Å². The first kappa shape index (κ1) is 4.21. The van der Waals surface area contributed by atoms with E-state index in [1.165, 1.54) is 0 Å². The van der Waals surface area contributed by atoms with Crippen LogP contribution in [0, 0.1) is 0 Å². The predicted molar refractivity (Wildman–Crippen MR) is 14.0 cm³/mol. The molecule has 0 saturated heterocycles. The average molecular weight is 82.5 g/mol. The second-order valence-electron chi connectivity index (χ2n) is 0.238. The van der Waals surface area contributed by atoms with Crippen molar-refractivity contribution in [2.24, 2.45) is 0 Å². The van der Waals surface area contributed by atoms with Crippen LogP contribution in [0.5, 0.6) is 0 Å². The molecule has 26 valence electrons. The van der Waals surface area contributed by atoms with Crippen molar-refractivity contribution >= 4 is 11.9 Å². The minimum atomic E-state index is -0.415. The first-order chi connectivity index (χ1) is 1.91. The van der Waals surface area contributed by atoms with E-state index >= 15 is 0 Å². The van der Waals surface area contributed by atoms with Gasteiger partial charge in [0.2, 0.25) is 0 Å². The third-order valence-corrected chi connectivity index (χ3v) is 0.146. The molecule has 3 heteroatoms. The van der Waals surface area contributed by atoms with Crippen LogP contribution in [0.25, 0.3) is 0 Å². The van der Waals surface area contributed by atoms with Crippen molar-refractivity contribution in [3.05, 3.63) is 0 Å². The van der Waals surface area contributed by atoms with Crippen molar-refractivity contribution in [2.45, 2.75) is 0 Å². The Morgan fingerprint density at radius 2 is 2.25 bits per heavy atom. The molecule has 0 atom stereocenters. The maximum atomic E-state index is 7.52. The summed E-state index contributed by atoms with van der Waals surface area (Å²) in [5.41, 5.74) is 0. The maximum absolute atomic E-state index is 7.52. The monoisotopic (exact) mass is 82.0 g/mol. The summed E-state index contributed by atoms with van der Waals surface area (Å²) in [7, 11) is 0. The van der Waals surface area contributed by atoms with E-state index in [1.807, 2.05) is 0 Å². The molecule has 0 unspecified atom stereocenters. The molecule has 0 radical (unpaired) electrons. The summed E-state index contributed by atoms with van der Waals surface area (Å²) >= 11 is 4.44. The molecule has 2 nitrogen and oxygen atoms in total. The highest BCUT2D eigenvalue weighted by Crippen LogP contribution is 1.68. The Hall–Kier alpha value is 0.210. The molecule has 0 bridgehead atoms. The van der Waals surface area contributed by atoms with Gasteiger partial charge >= 0.3 is 0 Å². The summed E-state index contributed by atoms with van der Waals surface area (Å²) in [5, 5.41) is 7.52. The Morgan fingerprint density at radius 1 is 2.00 bits per heavy atom. The van der Waals surface area contributed by atoms with Crippen LogP contribution in [-0.2, 0) is 4.29 Å². The Balaban J connectivity index is 1.97. The van der Waals surface area contributed by atoms with Gasteiger partial charge in [0.15, 0.2) is 6.79 Å². The summed E-state index contributed by atoms with van der Waals surface area (Å²) in [6.07, 6.45) is 0. The third-order valence-electron chi connectivity index (χ3n) is 0.0488. The topological polar surface area (TPSA) is 29.5 Å². The molecule has 0 fully saturated rings. The number of hydrogen-bond acceptors (Lipinski definition) is 2. The summed E-state index contributed by atoms with van der Waals surface area (Å²) in [4.78, 5) is 0. The number of halogens is 1. The normalized spacial score (nSPS) is 7.50. The van der Waals surface area contributed by atoms with E-state index in [1.54, 1.807) is 0 Å². The minimum Gasteiger partial charge on any atom is -0.369 e. The van der Waals surface area contributed by atoms with Gasteiger partial charge < -0.3 is 5.11 Å². The van der Waals surface area contributed by atoms with Gasteiger partial charge in [-0.3, -0.25) is 4.29 Å². The Kier molecular flexibility index (Phi) is 3.38. The van der Waals surface area contributed by atoms with Crippen molar-refractivity contribution in [1.29, 1.82) is 0 Å². The number of hydrogen-bond donors (Lipinski definition) is 1. The lowest BCUT2D eigenvalue weighted by atomic mass is 11.6. The lowest BCUT2D eigenvalue weighted by Gasteiger charge is -1.71. The van der Waals surface area contributed by atoms with Crippen molar-refractivity contribution in [1.82, 2.24) is 0 Å². The Labute approximate surface area is 29.1 Å². The van der Waals surface area contributed by atoms with Crippen molar-refractivity contribution in [3.8, 4) is 0 Å². The fourth-order valence-electron chi connectivity index (χ4n) is 0. The summed E-state index contributed by atoms with van der Waals surface area (Å²) in [6, 6.07) is 0. The zero-order valence-electron chi connectivity index (χ0n) is 1.94. The molecule has 0 heterocycles. The van der Waals surface area contributed by atoms with Gasteiger partial charge in [-0.05, 0) is 0 Å². The van der Waals surface area contributed by atoms with E-state index in [9.17, 15) is 0 Å². The van der Waals surface area contributed by atoms with Crippen LogP contribution >= 0.6 is 11.9 Å². The second-order valence-corrected chi connectivity index (χ2v) is 0.456. The molecule has 0 amide bonds. The van der Waals surface area contributed by atoms with E-state index in [-0.39, 0.29) is 0 Å². The first-order valence-corrected chi connectivity index (χ1v) is 1.07. The molecule has 1 N–H and O–H groups in total. The van der Waals surface area contributed by atoms with Crippen molar-refractivity contribution < 1.29 is 9.40 Å². The van der Waals surface area contributed by atoms with Crippen LogP contribution in [0.15, 0.2) is 0 Å². The summed E-state index contributed by atoms with van der Waals surface area (Å²) < 4.78 is 3.57. The Bertz CT molecular complexity index is 8.00. The molecule has 4 heavy (non-hydrogen) atoms. The van der Waals surface area contributed by atoms with Crippen LogP contribution in [0.2, 0.25) is 0 Å². The van der Waals surface area contributed by atoms with Crippen LogP contribution in [0.3, 0.4) is 0 Å². The highest BCUT2D eigenvalue weighted by molar-refractivity contribution is 6.07. The molecule has 0 aromatic rings. The maximum Gasteiger partial charge on any atom is 0.163 e. The van der Waals surface area contributed by atoms with E-state index in [2.05, 4.69) is 16.2 Å². The largest absolute Gasteiger partial charge is 0.369 e. The molecule has 0 aromatic heterocycles. The van der Waals surface area contributed by atoms with Gasteiger partial charge in [0, 0.05) is 0 Å². The van der Waals surface area contributed by atoms with Crippen LogP contribution in [-0.4, -0.2) is 11.9 Å². The fourth-order valence-corrected chi connectivity index (χ4v) is 0. The van der Waals surface area contributed by atoms with Gasteiger partial charge in [0.05, 0.1) is 11.9 Å². The lowest BCUT2D eigenvalue weighted by molar-refractivity contribution is 0.109. The first-order valence-electron chi connectivity index (χ1n) is 0.759. The van der Waals surface area contributed by atoms with Gasteiger partial charge in [-0.15, -0.1) is 0 Å². The highest BCUT2D eigenvalue weighted by Gasteiger charge is 1.56. The van der Waals surface area contributed by atoms with E-state index < -0.39 is 6.79 Å². The molecule has 0 aliphatic carbocycles. The average Bonchev–Trinajstić information content (AvgIpc) is 1.37. The molecule has 0 spiro atoms. The standard InChI is InChI=1S/CH3ClO2/c2-4-1-3/h3H,1H2. The smallest absolute Gasteiger partial charge is 0.163 e. The number of rotatable bonds is 1. The van der Waals surface area contributed by atoms with Gasteiger partial charge in [0.25, 0.3) is 0 Å². The highest BCUT2D eigenvalue weighted by atomic mass is 35.5. The molecule has 0 rings (SSSR count). The van der Waals surface area contributed by atoms with E-state index in [0.29, 0.717) is 0 Å². The molecular weight excluding hydrogens is 79.5 g/mol. The van der Waals surface area contributed by atoms with Crippen LogP contribution in [0.4, 0.5) is 0 Å². The minimum absolute atomic E-state index is 0.415. The van der Waals surface area contributed by atoms with Crippen LogP contribution < -0.4 is 0 Å². The van der Waals surface area contributed by atoms with Gasteiger partial charge in [-0.1, -0.05) is 0 Å². The number of aliphatic hydroxyl groups excluding tert-OH is 1. The second kappa shape index (κ2) is 3.21. The van der Waals surface area contributed by atoms with Crippen LogP contribution in [0.1, 0.15) is 0 Å². The summed E-state index contributed by atoms with van der Waals surface area (Å²) in [6.45, 7) is -0.415. The summed E-state index contributed by atoms with van der Waals surface area (Å²) in [5.74, 6) is 0. The van der Waals surface area contributed by atoms with Crippen molar-refractivity contribution in [2.75, 3.05) is 6.79 Å². The molecule has 0 aliphatic heterocycles. The van der Waals surface area contributed by atoms with Crippen molar-refractivity contribution in [3.63, 3.8) is 0 Å².